The number of aromatic hydroxyl groups is 1. The number of hydrogen-bond acceptors (Lipinski definition) is 4. The smallest absolute Gasteiger partial charge is 0.241 e. The SMILES string of the molecule is CSc1ccccc1NC(=O)[C@@H](N)Cc1ccc(O)cc1. The zero-order valence-electron chi connectivity index (χ0n) is 11.7. The van der Waals surface area contributed by atoms with Gasteiger partial charge >= 0.3 is 0 Å². The number of phenols is 1. The first-order valence-electron chi connectivity index (χ1n) is 6.57. The van der Waals surface area contributed by atoms with Crippen LogP contribution in [0.1, 0.15) is 5.56 Å². The molecule has 0 saturated heterocycles. The number of amides is 1. The largest absolute Gasteiger partial charge is 0.508 e. The summed E-state index contributed by atoms with van der Waals surface area (Å²) in [6.45, 7) is 0. The number of anilines is 1. The van der Waals surface area contributed by atoms with Crippen molar-refractivity contribution in [3.05, 3.63) is 54.1 Å². The number of para-hydroxylation sites is 1. The summed E-state index contributed by atoms with van der Waals surface area (Å²) in [7, 11) is 0. The number of thioether (sulfide) groups is 1. The van der Waals surface area contributed by atoms with Crippen LogP contribution in [0.3, 0.4) is 0 Å². The molecule has 0 heterocycles. The summed E-state index contributed by atoms with van der Waals surface area (Å²) in [4.78, 5) is 13.2. The van der Waals surface area contributed by atoms with Crippen LogP contribution in [0.2, 0.25) is 0 Å². The van der Waals surface area contributed by atoms with E-state index in [2.05, 4.69) is 5.32 Å². The highest BCUT2D eigenvalue weighted by molar-refractivity contribution is 7.98. The number of carbonyl (C=O) groups is 1. The van der Waals surface area contributed by atoms with E-state index in [9.17, 15) is 9.90 Å². The molecule has 0 radical (unpaired) electrons. The highest BCUT2D eigenvalue weighted by Crippen LogP contribution is 2.24. The third kappa shape index (κ3) is 4.24. The lowest BCUT2D eigenvalue weighted by molar-refractivity contribution is -0.117. The standard InChI is InChI=1S/C16H18N2O2S/c1-21-15-5-3-2-4-14(15)18-16(20)13(17)10-11-6-8-12(19)9-7-11/h2-9,13,19H,10,17H2,1H3,(H,18,20)/t13-/m0/s1. The van der Waals surface area contributed by atoms with E-state index < -0.39 is 6.04 Å². The summed E-state index contributed by atoms with van der Waals surface area (Å²) in [5.41, 5.74) is 7.63. The third-order valence-electron chi connectivity index (χ3n) is 3.09. The van der Waals surface area contributed by atoms with E-state index in [0.717, 1.165) is 16.1 Å². The van der Waals surface area contributed by atoms with E-state index in [1.54, 1.807) is 36.0 Å². The van der Waals surface area contributed by atoms with Crippen molar-refractivity contribution in [3.63, 3.8) is 0 Å². The van der Waals surface area contributed by atoms with E-state index in [-0.39, 0.29) is 11.7 Å². The van der Waals surface area contributed by atoms with Gasteiger partial charge in [0.1, 0.15) is 5.75 Å². The van der Waals surface area contributed by atoms with Gasteiger partial charge in [0.05, 0.1) is 11.7 Å². The molecule has 5 heteroatoms. The Morgan fingerprint density at radius 1 is 1.24 bits per heavy atom. The molecular weight excluding hydrogens is 284 g/mol. The predicted molar refractivity (Wildman–Crippen MR) is 86.6 cm³/mol. The maximum Gasteiger partial charge on any atom is 0.241 e. The molecule has 1 amide bonds. The van der Waals surface area contributed by atoms with Crippen molar-refractivity contribution in [2.75, 3.05) is 11.6 Å². The van der Waals surface area contributed by atoms with E-state index in [0.29, 0.717) is 6.42 Å². The van der Waals surface area contributed by atoms with Crippen molar-refractivity contribution in [1.82, 2.24) is 0 Å². The summed E-state index contributed by atoms with van der Waals surface area (Å²) in [5, 5.41) is 12.1. The van der Waals surface area contributed by atoms with Crippen molar-refractivity contribution >= 4 is 23.4 Å². The van der Waals surface area contributed by atoms with Gasteiger partial charge in [0.2, 0.25) is 5.91 Å². The monoisotopic (exact) mass is 302 g/mol. The highest BCUT2D eigenvalue weighted by Gasteiger charge is 2.15. The van der Waals surface area contributed by atoms with E-state index >= 15 is 0 Å². The Bertz CT molecular complexity index is 614. The quantitative estimate of drug-likeness (QED) is 0.742. The Morgan fingerprint density at radius 3 is 2.57 bits per heavy atom. The number of rotatable bonds is 5. The van der Waals surface area contributed by atoms with Gasteiger partial charge in [-0.1, -0.05) is 24.3 Å². The summed E-state index contributed by atoms with van der Waals surface area (Å²) in [6, 6.07) is 13.7. The Morgan fingerprint density at radius 2 is 1.90 bits per heavy atom. The van der Waals surface area contributed by atoms with Crippen LogP contribution in [0.5, 0.6) is 5.75 Å². The molecule has 2 rings (SSSR count). The van der Waals surface area contributed by atoms with Crippen LogP contribution >= 0.6 is 11.8 Å². The van der Waals surface area contributed by atoms with Gasteiger partial charge in [-0.15, -0.1) is 11.8 Å². The number of nitrogens with two attached hydrogens (primary N) is 1. The zero-order valence-corrected chi connectivity index (χ0v) is 12.6. The summed E-state index contributed by atoms with van der Waals surface area (Å²) >= 11 is 1.57. The van der Waals surface area contributed by atoms with Gasteiger partial charge in [-0.25, -0.2) is 0 Å². The Hall–Kier alpha value is -1.98. The summed E-state index contributed by atoms with van der Waals surface area (Å²) < 4.78 is 0. The van der Waals surface area contributed by atoms with Crippen molar-refractivity contribution in [3.8, 4) is 5.75 Å². The van der Waals surface area contributed by atoms with Crippen molar-refractivity contribution < 1.29 is 9.90 Å². The predicted octanol–water partition coefficient (Wildman–Crippen LogP) is 2.62. The Labute approximate surface area is 128 Å². The summed E-state index contributed by atoms with van der Waals surface area (Å²) in [5.74, 6) is -0.0183. The number of phenolic OH excluding ortho intramolecular Hbond substituents is 1. The van der Waals surface area contributed by atoms with Gasteiger partial charge < -0.3 is 16.2 Å². The van der Waals surface area contributed by atoms with Gasteiger partial charge in [-0.3, -0.25) is 4.79 Å². The molecule has 0 fully saturated rings. The minimum Gasteiger partial charge on any atom is -0.508 e. The fourth-order valence-corrected chi connectivity index (χ4v) is 2.51. The van der Waals surface area contributed by atoms with Gasteiger partial charge in [0.15, 0.2) is 0 Å². The molecular formula is C16H18N2O2S. The minimum atomic E-state index is -0.635. The molecule has 21 heavy (non-hydrogen) atoms. The molecule has 0 aliphatic carbocycles. The lowest BCUT2D eigenvalue weighted by Gasteiger charge is -2.14. The van der Waals surface area contributed by atoms with Crippen LogP contribution < -0.4 is 11.1 Å². The average Bonchev–Trinajstić information content (AvgIpc) is 2.50. The Kier molecular flexibility index (Phi) is 5.25. The molecule has 0 aromatic heterocycles. The fourth-order valence-electron chi connectivity index (χ4n) is 1.95. The van der Waals surface area contributed by atoms with Crippen LogP contribution in [-0.2, 0) is 11.2 Å². The molecule has 0 spiro atoms. The van der Waals surface area contributed by atoms with E-state index in [1.807, 2.05) is 30.5 Å². The number of nitrogens with one attached hydrogen (secondary N) is 1. The van der Waals surface area contributed by atoms with Gasteiger partial charge in [0.25, 0.3) is 0 Å². The van der Waals surface area contributed by atoms with Crippen LogP contribution in [0.4, 0.5) is 5.69 Å². The Balaban J connectivity index is 2.01. The molecule has 2 aromatic rings. The van der Waals surface area contributed by atoms with Crippen LogP contribution in [0, 0.1) is 0 Å². The van der Waals surface area contributed by atoms with Gasteiger partial charge in [-0.2, -0.15) is 0 Å². The van der Waals surface area contributed by atoms with Gasteiger partial charge in [0, 0.05) is 4.90 Å². The molecule has 0 aliphatic rings. The number of carbonyl (C=O) groups excluding carboxylic acids is 1. The molecule has 4 N–H and O–H groups in total. The van der Waals surface area contributed by atoms with E-state index in [4.69, 9.17) is 5.73 Å². The second-order valence-corrected chi connectivity index (χ2v) is 5.51. The normalized spacial score (nSPS) is 11.9. The fraction of sp³-hybridized carbons (Fsp3) is 0.188. The molecule has 2 aromatic carbocycles. The highest BCUT2D eigenvalue weighted by atomic mass is 32.2. The lowest BCUT2D eigenvalue weighted by atomic mass is 10.1. The lowest BCUT2D eigenvalue weighted by Crippen LogP contribution is -2.37. The second kappa shape index (κ2) is 7.15. The maximum absolute atomic E-state index is 12.2. The van der Waals surface area contributed by atoms with Crippen LogP contribution in [-0.4, -0.2) is 23.3 Å². The van der Waals surface area contributed by atoms with Crippen LogP contribution in [0.15, 0.2) is 53.4 Å². The van der Waals surface area contributed by atoms with E-state index in [1.165, 1.54) is 0 Å². The minimum absolute atomic E-state index is 0.200. The molecule has 0 unspecified atom stereocenters. The number of benzene rings is 2. The number of hydrogen-bond donors (Lipinski definition) is 3. The third-order valence-corrected chi connectivity index (χ3v) is 3.89. The second-order valence-electron chi connectivity index (χ2n) is 4.67. The van der Waals surface area contributed by atoms with Crippen LogP contribution in [0.25, 0.3) is 0 Å². The average molecular weight is 302 g/mol. The molecule has 0 saturated carbocycles. The first-order chi connectivity index (χ1) is 10.1. The van der Waals surface area contributed by atoms with Crippen molar-refractivity contribution in [2.45, 2.75) is 17.4 Å². The molecule has 0 bridgehead atoms. The molecule has 0 aliphatic heterocycles. The molecule has 1 atom stereocenters. The zero-order chi connectivity index (χ0) is 15.2. The van der Waals surface area contributed by atoms with Crippen molar-refractivity contribution in [1.29, 1.82) is 0 Å². The topological polar surface area (TPSA) is 75.4 Å². The molecule has 4 nitrogen and oxygen atoms in total. The first kappa shape index (κ1) is 15.4. The molecule has 110 valence electrons. The van der Waals surface area contributed by atoms with Crippen molar-refractivity contribution in [2.24, 2.45) is 5.73 Å². The first-order valence-corrected chi connectivity index (χ1v) is 7.80. The maximum atomic E-state index is 12.2. The summed E-state index contributed by atoms with van der Waals surface area (Å²) in [6.07, 6.45) is 2.38. The van der Waals surface area contributed by atoms with Gasteiger partial charge in [-0.05, 0) is 42.5 Å².